The minimum atomic E-state index is 0.665. The quantitative estimate of drug-likeness (QED) is 0.176. The van der Waals surface area contributed by atoms with Crippen molar-refractivity contribution in [1.82, 2.24) is 24.3 Å². The molecule has 0 aliphatic heterocycles. The molecule has 10 aromatic rings. The molecule has 10 rings (SSSR count). The first kappa shape index (κ1) is 30.6. The van der Waals surface area contributed by atoms with E-state index in [4.69, 9.17) is 19.9 Å². The molecule has 248 valence electrons. The maximum Gasteiger partial charge on any atom is 0.165 e. The van der Waals surface area contributed by atoms with E-state index in [2.05, 4.69) is 156 Å². The average Bonchev–Trinajstić information content (AvgIpc) is 3.63. The second kappa shape index (κ2) is 12.8. The molecule has 0 N–H and O–H groups in total. The Hall–Kier alpha value is -7.24. The Bertz CT molecular complexity index is 2800. The summed E-state index contributed by atoms with van der Waals surface area (Å²) in [7, 11) is 0. The van der Waals surface area contributed by atoms with Gasteiger partial charge in [-0.25, -0.2) is 19.9 Å². The van der Waals surface area contributed by atoms with Crippen molar-refractivity contribution in [3.63, 3.8) is 0 Å². The Morgan fingerprint density at radius 2 is 0.811 bits per heavy atom. The lowest BCUT2D eigenvalue weighted by molar-refractivity contribution is 1.18. The van der Waals surface area contributed by atoms with Crippen LogP contribution in [-0.4, -0.2) is 24.3 Å². The van der Waals surface area contributed by atoms with Gasteiger partial charge in [-0.15, -0.1) is 0 Å². The molecule has 0 amide bonds. The normalized spacial score (nSPS) is 11.4. The van der Waals surface area contributed by atoms with E-state index in [0.29, 0.717) is 5.82 Å². The zero-order chi connectivity index (χ0) is 35.1. The fourth-order valence-corrected chi connectivity index (χ4v) is 7.13. The molecule has 0 bridgehead atoms. The minimum absolute atomic E-state index is 0.665. The molecule has 0 spiro atoms. The van der Waals surface area contributed by atoms with E-state index in [0.717, 1.165) is 66.9 Å². The highest BCUT2D eigenvalue weighted by Gasteiger charge is 2.16. The molecule has 5 nitrogen and oxygen atoms in total. The van der Waals surface area contributed by atoms with Gasteiger partial charge in [0, 0.05) is 39.2 Å². The molecule has 4 aromatic heterocycles. The van der Waals surface area contributed by atoms with Crippen molar-refractivity contribution in [3.05, 3.63) is 188 Å². The van der Waals surface area contributed by atoms with Crippen LogP contribution in [0.25, 0.3) is 95.0 Å². The lowest BCUT2D eigenvalue weighted by Gasteiger charge is -2.12. The summed E-state index contributed by atoms with van der Waals surface area (Å²) in [6, 6.07) is 63.0. The Morgan fingerprint density at radius 3 is 1.42 bits per heavy atom. The van der Waals surface area contributed by atoms with Gasteiger partial charge in [0.1, 0.15) is 11.2 Å². The Balaban J connectivity index is 1.07. The largest absolute Gasteiger partial charge is 0.284 e. The van der Waals surface area contributed by atoms with Crippen molar-refractivity contribution < 1.29 is 0 Å². The molecule has 53 heavy (non-hydrogen) atoms. The highest BCUT2D eigenvalue weighted by atomic mass is 15.1. The van der Waals surface area contributed by atoms with Crippen LogP contribution < -0.4 is 0 Å². The van der Waals surface area contributed by atoms with E-state index in [1.807, 2.05) is 36.5 Å². The van der Waals surface area contributed by atoms with Gasteiger partial charge in [-0.05, 0) is 40.5 Å². The van der Waals surface area contributed by atoms with Crippen molar-refractivity contribution >= 4 is 27.6 Å². The molecular weight excluding hydrogens is 647 g/mol. The molecule has 0 fully saturated rings. The SMILES string of the molecule is c1ccc(-c2ccc(-c3cc(-c4ccc(-c5ccccc5)cc4)nc(-c4ccc(-c5nc6c(nc7ccccn76)c6ccccc56)cc4)n3)cc2)cc1. The van der Waals surface area contributed by atoms with Crippen molar-refractivity contribution in [1.29, 1.82) is 0 Å². The lowest BCUT2D eigenvalue weighted by atomic mass is 10.00. The second-order valence-corrected chi connectivity index (χ2v) is 13.1. The van der Waals surface area contributed by atoms with Crippen LogP contribution in [0.3, 0.4) is 0 Å². The van der Waals surface area contributed by atoms with Crippen molar-refractivity contribution in [2.24, 2.45) is 0 Å². The predicted molar refractivity (Wildman–Crippen MR) is 216 cm³/mol. The summed E-state index contributed by atoms with van der Waals surface area (Å²) in [6.07, 6.45) is 2.02. The zero-order valence-electron chi connectivity index (χ0n) is 28.6. The monoisotopic (exact) mass is 677 g/mol. The van der Waals surface area contributed by atoms with E-state index in [9.17, 15) is 0 Å². The number of aromatic nitrogens is 5. The van der Waals surface area contributed by atoms with Gasteiger partial charge in [-0.2, -0.15) is 0 Å². The second-order valence-electron chi connectivity index (χ2n) is 13.1. The number of rotatable bonds is 6. The molecule has 0 atom stereocenters. The van der Waals surface area contributed by atoms with Crippen LogP contribution in [0.4, 0.5) is 0 Å². The van der Waals surface area contributed by atoms with Gasteiger partial charge in [0.05, 0.1) is 17.1 Å². The van der Waals surface area contributed by atoms with E-state index in [1.54, 1.807) is 0 Å². The van der Waals surface area contributed by atoms with E-state index in [1.165, 1.54) is 22.3 Å². The van der Waals surface area contributed by atoms with Gasteiger partial charge in [0.2, 0.25) is 0 Å². The van der Waals surface area contributed by atoms with E-state index >= 15 is 0 Å². The van der Waals surface area contributed by atoms with Crippen LogP contribution in [0.15, 0.2) is 188 Å². The fourth-order valence-electron chi connectivity index (χ4n) is 7.13. The summed E-state index contributed by atoms with van der Waals surface area (Å²) in [6.45, 7) is 0. The third-order valence-electron chi connectivity index (χ3n) is 9.88. The molecule has 0 saturated carbocycles. The van der Waals surface area contributed by atoms with E-state index < -0.39 is 0 Å². The number of imidazole rings is 1. The highest BCUT2D eigenvalue weighted by molar-refractivity contribution is 6.09. The molecule has 0 unspecified atom stereocenters. The number of hydrogen-bond donors (Lipinski definition) is 0. The summed E-state index contributed by atoms with van der Waals surface area (Å²) < 4.78 is 2.05. The first-order valence-corrected chi connectivity index (χ1v) is 17.7. The zero-order valence-corrected chi connectivity index (χ0v) is 28.6. The summed E-state index contributed by atoms with van der Waals surface area (Å²) in [5, 5.41) is 2.15. The third-order valence-corrected chi connectivity index (χ3v) is 9.88. The maximum absolute atomic E-state index is 5.20. The topological polar surface area (TPSA) is 56.0 Å². The first-order valence-electron chi connectivity index (χ1n) is 17.7. The number of benzene rings is 6. The van der Waals surface area contributed by atoms with Crippen LogP contribution in [0.2, 0.25) is 0 Å². The van der Waals surface area contributed by atoms with Gasteiger partial charge in [0.25, 0.3) is 0 Å². The van der Waals surface area contributed by atoms with Gasteiger partial charge >= 0.3 is 0 Å². The molecule has 4 heterocycles. The van der Waals surface area contributed by atoms with Gasteiger partial charge < -0.3 is 0 Å². The number of hydrogen-bond acceptors (Lipinski definition) is 4. The summed E-state index contributed by atoms with van der Waals surface area (Å²) in [4.78, 5) is 20.4. The molecule has 0 radical (unpaired) electrons. The Labute approximate surface area is 306 Å². The fraction of sp³-hybridized carbons (Fsp3) is 0. The van der Waals surface area contributed by atoms with Crippen molar-refractivity contribution in [2.75, 3.05) is 0 Å². The average molecular weight is 678 g/mol. The molecule has 0 saturated heterocycles. The van der Waals surface area contributed by atoms with Gasteiger partial charge in [-0.1, -0.05) is 164 Å². The van der Waals surface area contributed by atoms with Crippen LogP contribution in [0.5, 0.6) is 0 Å². The molecular formula is C48H31N5. The van der Waals surface area contributed by atoms with Gasteiger partial charge in [0.15, 0.2) is 11.5 Å². The molecule has 5 heteroatoms. The van der Waals surface area contributed by atoms with Crippen LogP contribution in [-0.2, 0) is 0 Å². The minimum Gasteiger partial charge on any atom is -0.284 e. The third kappa shape index (κ3) is 5.61. The molecule has 0 aliphatic rings. The lowest BCUT2D eigenvalue weighted by Crippen LogP contribution is -1.96. The Kier molecular flexibility index (Phi) is 7.40. The van der Waals surface area contributed by atoms with Crippen LogP contribution in [0, 0.1) is 0 Å². The van der Waals surface area contributed by atoms with Crippen LogP contribution in [0.1, 0.15) is 0 Å². The van der Waals surface area contributed by atoms with Crippen molar-refractivity contribution in [2.45, 2.75) is 0 Å². The smallest absolute Gasteiger partial charge is 0.165 e. The molecule has 6 aromatic carbocycles. The highest BCUT2D eigenvalue weighted by Crippen LogP contribution is 2.35. The predicted octanol–water partition coefficient (Wildman–Crippen LogP) is 11.8. The van der Waals surface area contributed by atoms with Crippen molar-refractivity contribution in [3.8, 4) is 67.4 Å². The number of pyridine rings is 2. The van der Waals surface area contributed by atoms with E-state index in [-0.39, 0.29) is 0 Å². The summed E-state index contributed by atoms with van der Waals surface area (Å²) >= 11 is 0. The Morgan fingerprint density at radius 1 is 0.340 bits per heavy atom. The molecule has 0 aliphatic carbocycles. The van der Waals surface area contributed by atoms with Gasteiger partial charge in [-0.3, -0.25) is 4.40 Å². The standard InChI is InChI=1S/C48H31N5/c1-3-11-32(12-4-1)34-18-22-36(23-19-34)42-31-43(37-24-20-35(21-25-37)33-13-5-2-6-14-33)50-47(49-42)39-28-26-38(27-29-39)45-40-15-7-8-16-41(40)46-48(52-45)53-30-10-9-17-44(53)51-46/h1-31H. The number of nitrogens with zero attached hydrogens (tertiary/aromatic N) is 5. The number of fused-ring (bicyclic) bond motifs is 5. The van der Waals surface area contributed by atoms with Crippen LogP contribution >= 0.6 is 0 Å². The maximum atomic E-state index is 5.20. The summed E-state index contributed by atoms with van der Waals surface area (Å²) in [5.41, 5.74) is 14.0. The first-order chi connectivity index (χ1) is 26.2. The summed E-state index contributed by atoms with van der Waals surface area (Å²) in [5.74, 6) is 0.665.